The zero-order valence-corrected chi connectivity index (χ0v) is 10.4. The predicted molar refractivity (Wildman–Crippen MR) is 60.1 cm³/mol. The van der Waals surface area contributed by atoms with Crippen LogP contribution >= 0.6 is 12.6 Å². The molecule has 9 nitrogen and oxygen atoms in total. The smallest absolute Gasteiger partial charge is 0.276 e. The fourth-order valence-electron chi connectivity index (χ4n) is 0.839. The molecule has 0 atom stereocenters. The zero-order chi connectivity index (χ0) is 14.3. The number of nitrogens with one attached hydrogen (secondary N) is 1. The van der Waals surface area contributed by atoms with E-state index in [0.717, 1.165) is 6.92 Å². The summed E-state index contributed by atoms with van der Waals surface area (Å²) in [6, 6.07) is 0. The highest BCUT2D eigenvalue weighted by molar-refractivity contribution is 7.96. The Morgan fingerprint density at radius 1 is 1.06 bits per heavy atom. The van der Waals surface area contributed by atoms with Crippen molar-refractivity contribution in [3.8, 4) is 0 Å². The van der Waals surface area contributed by atoms with Crippen LogP contribution < -0.4 is 5.32 Å². The fraction of sp³-hybridized carbons (Fsp3) is 0.500. The van der Waals surface area contributed by atoms with Gasteiger partial charge in [0.15, 0.2) is 5.78 Å². The third-order valence-corrected chi connectivity index (χ3v) is 1.78. The number of nitrogens with zero attached hydrogens (tertiary/aromatic N) is 2. The van der Waals surface area contributed by atoms with Gasteiger partial charge < -0.3 is 5.32 Å². The number of Topliss-reactive ketones (excluding diaryl/α,β-unsaturated/α-hetero) is 1. The van der Waals surface area contributed by atoms with E-state index in [1.165, 1.54) is 0 Å². The Balaban J connectivity index is 4.17. The molecular weight excluding hydrogens is 266 g/mol. The minimum Gasteiger partial charge on any atom is -0.338 e. The molecule has 0 aliphatic carbocycles. The molecule has 102 valence electrons. The van der Waals surface area contributed by atoms with E-state index in [0.29, 0.717) is 0 Å². The van der Waals surface area contributed by atoms with Crippen molar-refractivity contribution in [1.29, 1.82) is 0 Å². The lowest BCUT2D eigenvalue weighted by molar-refractivity contribution is -0.185. The van der Waals surface area contributed by atoms with Crippen LogP contribution in [0, 0.1) is 0 Å². The number of carbonyl (C=O) groups is 4. The number of rotatable bonds is 6. The number of ketones is 1. The first-order valence-corrected chi connectivity index (χ1v) is 5.13. The maximum absolute atomic E-state index is 11.2. The largest absolute Gasteiger partial charge is 0.338 e. The van der Waals surface area contributed by atoms with Crippen LogP contribution in [0.25, 0.3) is 0 Å². The summed E-state index contributed by atoms with van der Waals surface area (Å²) in [4.78, 5) is 43.3. The molecule has 0 radical (unpaired) electrons. The average molecular weight is 279 g/mol. The van der Waals surface area contributed by atoms with E-state index in [2.05, 4.69) is 12.6 Å². The molecule has 10 heteroatoms. The van der Waals surface area contributed by atoms with Gasteiger partial charge in [0.25, 0.3) is 17.1 Å². The second-order valence-electron chi connectivity index (χ2n) is 3.26. The molecule has 0 aliphatic rings. The Morgan fingerprint density at radius 2 is 1.56 bits per heavy atom. The summed E-state index contributed by atoms with van der Waals surface area (Å²) in [6.07, 6.45) is 0. The van der Waals surface area contributed by atoms with Crippen molar-refractivity contribution in [2.45, 2.75) is 6.92 Å². The van der Waals surface area contributed by atoms with E-state index in [1.807, 2.05) is 5.32 Å². The summed E-state index contributed by atoms with van der Waals surface area (Å²) < 4.78 is 0. The monoisotopic (exact) mass is 279 g/mol. The number of amides is 3. The van der Waals surface area contributed by atoms with E-state index in [-0.39, 0.29) is 10.1 Å². The van der Waals surface area contributed by atoms with Gasteiger partial charge in [0, 0.05) is 0 Å². The van der Waals surface area contributed by atoms with E-state index in [1.54, 1.807) is 0 Å². The Hall–Kier alpha value is -1.65. The van der Waals surface area contributed by atoms with Gasteiger partial charge in [0.1, 0.15) is 13.1 Å². The summed E-state index contributed by atoms with van der Waals surface area (Å²) in [5.41, 5.74) is 0. The van der Waals surface area contributed by atoms with Crippen LogP contribution in [0.4, 0.5) is 4.79 Å². The molecule has 0 heterocycles. The molecule has 0 saturated carbocycles. The zero-order valence-electron chi connectivity index (χ0n) is 9.49. The maximum atomic E-state index is 11.2. The molecule has 0 unspecified atom stereocenters. The van der Waals surface area contributed by atoms with Crippen LogP contribution in [0.1, 0.15) is 6.92 Å². The average Bonchev–Trinajstić information content (AvgIpc) is 2.24. The summed E-state index contributed by atoms with van der Waals surface area (Å²) >= 11 is 3.33. The molecule has 0 aliphatic heterocycles. The summed E-state index contributed by atoms with van der Waals surface area (Å²) in [5, 5.41) is 19.5. The molecule has 0 rings (SSSR count). The highest BCUT2D eigenvalue weighted by Gasteiger charge is 2.19. The van der Waals surface area contributed by atoms with E-state index in [9.17, 15) is 19.2 Å². The van der Waals surface area contributed by atoms with E-state index < -0.39 is 42.5 Å². The van der Waals surface area contributed by atoms with Crippen LogP contribution in [0.15, 0.2) is 0 Å². The first-order valence-electron chi connectivity index (χ1n) is 4.68. The normalized spacial score (nSPS) is 9.56. The van der Waals surface area contributed by atoms with Gasteiger partial charge in [-0.05, 0) is 6.92 Å². The van der Waals surface area contributed by atoms with Gasteiger partial charge in [-0.1, -0.05) is 12.6 Å². The van der Waals surface area contributed by atoms with Gasteiger partial charge in [-0.3, -0.25) is 29.6 Å². The van der Waals surface area contributed by atoms with Crippen LogP contribution in [0.2, 0.25) is 0 Å². The molecule has 0 fully saturated rings. The Morgan fingerprint density at radius 3 is 2.00 bits per heavy atom. The third-order valence-electron chi connectivity index (χ3n) is 1.62. The van der Waals surface area contributed by atoms with Crippen LogP contribution in [-0.4, -0.2) is 63.0 Å². The Labute approximate surface area is 108 Å². The third kappa shape index (κ3) is 6.83. The molecular formula is C8H13N3O6S. The SMILES string of the molecule is CC(=O)CN(O)C(=O)CN(O)C(=O)CNC(=O)S. The summed E-state index contributed by atoms with van der Waals surface area (Å²) in [5.74, 6) is -2.48. The lowest BCUT2D eigenvalue weighted by atomic mass is 10.4. The standard InChI is InChI=1S/C8H13N3O6S/c1-5(12)3-10(16)7(14)4-11(17)6(13)2-9-8(15)18/h16-17H,2-4H2,1H3,(H2,9,15,18). The minimum absolute atomic E-state index is 0.00933. The summed E-state index contributed by atoms with van der Waals surface area (Å²) in [7, 11) is 0. The number of carbonyl (C=O) groups excluding carboxylic acids is 4. The van der Waals surface area contributed by atoms with Gasteiger partial charge >= 0.3 is 0 Å². The number of hydrogen-bond acceptors (Lipinski definition) is 6. The van der Waals surface area contributed by atoms with Crippen molar-refractivity contribution < 1.29 is 29.6 Å². The highest BCUT2D eigenvalue weighted by atomic mass is 32.1. The Kier molecular flexibility index (Phi) is 6.93. The van der Waals surface area contributed by atoms with Gasteiger partial charge in [-0.25, -0.2) is 10.1 Å². The molecule has 0 spiro atoms. The van der Waals surface area contributed by atoms with Crippen LogP contribution in [0.3, 0.4) is 0 Å². The minimum atomic E-state index is -1.04. The first kappa shape index (κ1) is 16.4. The first-order chi connectivity index (χ1) is 8.23. The van der Waals surface area contributed by atoms with Gasteiger partial charge in [0.05, 0.1) is 6.54 Å². The van der Waals surface area contributed by atoms with Gasteiger partial charge in [0.2, 0.25) is 0 Å². The molecule has 0 bridgehead atoms. The van der Waals surface area contributed by atoms with Gasteiger partial charge in [-0.15, -0.1) is 0 Å². The second-order valence-corrected chi connectivity index (χ2v) is 3.67. The van der Waals surface area contributed by atoms with Crippen LogP contribution in [-0.2, 0) is 14.4 Å². The van der Waals surface area contributed by atoms with Crippen molar-refractivity contribution in [3.05, 3.63) is 0 Å². The number of hydroxylamine groups is 4. The Bertz CT molecular complexity index is 361. The van der Waals surface area contributed by atoms with Crippen molar-refractivity contribution in [2.75, 3.05) is 19.6 Å². The quantitative estimate of drug-likeness (QED) is 0.270. The van der Waals surface area contributed by atoms with Crippen molar-refractivity contribution in [3.63, 3.8) is 0 Å². The molecule has 0 aromatic heterocycles. The predicted octanol–water partition coefficient (Wildman–Crippen LogP) is -1.35. The second kappa shape index (κ2) is 7.63. The van der Waals surface area contributed by atoms with Crippen molar-refractivity contribution in [2.24, 2.45) is 0 Å². The molecule has 0 aromatic carbocycles. The van der Waals surface area contributed by atoms with Crippen LogP contribution in [0.5, 0.6) is 0 Å². The lowest BCUT2D eigenvalue weighted by Crippen LogP contribution is -2.44. The maximum Gasteiger partial charge on any atom is 0.276 e. The molecule has 18 heavy (non-hydrogen) atoms. The molecule has 3 amide bonds. The molecule has 0 saturated heterocycles. The fourth-order valence-corrected chi connectivity index (χ4v) is 0.919. The number of hydrogen-bond donors (Lipinski definition) is 4. The lowest BCUT2D eigenvalue weighted by Gasteiger charge is -2.18. The van der Waals surface area contributed by atoms with E-state index >= 15 is 0 Å². The van der Waals surface area contributed by atoms with Crippen molar-refractivity contribution >= 4 is 35.5 Å². The van der Waals surface area contributed by atoms with Crippen molar-refractivity contribution in [1.82, 2.24) is 15.4 Å². The summed E-state index contributed by atoms with van der Waals surface area (Å²) in [6.45, 7) is -0.788. The van der Waals surface area contributed by atoms with E-state index in [4.69, 9.17) is 10.4 Å². The molecule has 0 aromatic rings. The molecule has 3 N–H and O–H groups in total. The van der Waals surface area contributed by atoms with Gasteiger partial charge in [-0.2, -0.15) is 0 Å². The topological polar surface area (TPSA) is 127 Å². The number of thiol groups is 1. The highest BCUT2D eigenvalue weighted by Crippen LogP contribution is 1.91.